The predicted molar refractivity (Wildman–Crippen MR) is 110 cm³/mol. The van der Waals surface area contributed by atoms with Crippen LogP contribution in [0.5, 0.6) is 5.88 Å². The number of aryl methyl sites for hydroxylation is 1. The van der Waals surface area contributed by atoms with Gasteiger partial charge in [-0.2, -0.15) is 0 Å². The average molecular weight is 442 g/mol. The molecule has 0 spiro atoms. The van der Waals surface area contributed by atoms with Crippen LogP contribution in [-0.4, -0.2) is 39.7 Å². The SMILES string of the molecule is Cc1cc(C(C)N2Cc3c(ccnc3NC(=O)c3ccco3)C2=O)cnc1OCC(F)F. The molecule has 0 bridgehead atoms. The molecule has 8 nitrogen and oxygen atoms in total. The maximum atomic E-state index is 13.0. The number of aromatic nitrogens is 2. The van der Waals surface area contributed by atoms with E-state index in [9.17, 15) is 18.4 Å². The van der Waals surface area contributed by atoms with Crippen molar-refractivity contribution in [3.8, 4) is 5.88 Å². The molecule has 1 unspecified atom stereocenters. The number of rotatable bonds is 7. The predicted octanol–water partition coefficient (Wildman–Crippen LogP) is 3.99. The first-order valence-corrected chi connectivity index (χ1v) is 9.86. The second-order valence-corrected chi connectivity index (χ2v) is 7.32. The lowest BCUT2D eigenvalue weighted by atomic mass is 10.1. The van der Waals surface area contributed by atoms with Crippen molar-refractivity contribution in [1.29, 1.82) is 0 Å². The minimum atomic E-state index is -2.59. The number of ether oxygens (including phenoxy) is 1. The third kappa shape index (κ3) is 4.16. The van der Waals surface area contributed by atoms with Crippen LogP contribution in [0.3, 0.4) is 0 Å². The lowest BCUT2D eigenvalue weighted by Gasteiger charge is -2.25. The van der Waals surface area contributed by atoms with E-state index in [-0.39, 0.29) is 36.0 Å². The largest absolute Gasteiger partial charge is 0.471 e. The zero-order chi connectivity index (χ0) is 22.8. The molecular weight excluding hydrogens is 422 g/mol. The molecule has 1 aliphatic heterocycles. The second-order valence-electron chi connectivity index (χ2n) is 7.32. The molecule has 4 heterocycles. The van der Waals surface area contributed by atoms with Gasteiger partial charge in [0.15, 0.2) is 12.4 Å². The van der Waals surface area contributed by atoms with Crippen LogP contribution >= 0.6 is 0 Å². The second kappa shape index (κ2) is 8.74. The molecule has 3 aromatic heterocycles. The molecule has 4 rings (SSSR count). The molecule has 2 amide bonds. The van der Waals surface area contributed by atoms with Crippen molar-refractivity contribution in [2.45, 2.75) is 32.9 Å². The lowest BCUT2D eigenvalue weighted by molar-refractivity contribution is 0.0713. The number of carbonyl (C=O) groups is 2. The summed E-state index contributed by atoms with van der Waals surface area (Å²) in [5.41, 5.74) is 2.36. The summed E-state index contributed by atoms with van der Waals surface area (Å²) in [5.74, 6) is -0.121. The fraction of sp³-hybridized carbons (Fsp3) is 0.273. The van der Waals surface area contributed by atoms with Gasteiger partial charge in [0.1, 0.15) is 5.82 Å². The van der Waals surface area contributed by atoms with Gasteiger partial charge in [0.2, 0.25) is 5.88 Å². The van der Waals surface area contributed by atoms with E-state index >= 15 is 0 Å². The summed E-state index contributed by atoms with van der Waals surface area (Å²) in [6.07, 6.45) is 1.77. The van der Waals surface area contributed by atoms with Crippen LogP contribution in [0, 0.1) is 6.92 Å². The Hall–Kier alpha value is -3.82. The van der Waals surface area contributed by atoms with Crippen molar-refractivity contribution in [2.24, 2.45) is 0 Å². The Morgan fingerprint density at radius 1 is 1.34 bits per heavy atom. The van der Waals surface area contributed by atoms with Gasteiger partial charge in [-0.05, 0) is 43.7 Å². The van der Waals surface area contributed by atoms with Crippen molar-refractivity contribution >= 4 is 17.6 Å². The zero-order valence-electron chi connectivity index (χ0n) is 17.3. The van der Waals surface area contributed by atoms with Gasteiger partial charge in [-0.15, -0.1) is 0 Å². The molecule has 0 saturated carbocycles. The van der Waals surface area contributed by atoms with E-state index in [0.29, 0.717) is 16.7 Å². The minimum absolute atomic E-state index is 0.129. The number of pyridine rings is 2. The fourth-order valence-electron chi connectivity index (χ4n) is 3.53. The Kier molecular flexibility index (Phi) is 5.85. The summed E-state index contributed by atoms with van der Waals surface area (Å²) < 4.78 is 34.9. The minimum Gasteiger partial charge on any atom is -0.471 e. The third-order valence-electron chi connectivity index (χ3n) is 5.20. The Bertz CT molecular complexity index is 1150. The van der Waals surface area contributed by atoms with E-state index in [0.717, 1.165) is 5.56 Å². The first-order chi connectivity index (χ1) is 15.3. The summed E-state index contributed by atoms with van der Waals surface area (Å²) in [6, 6.07) is 6.13. The number of alkyl halides is 2. The number of hydrogen-bond donors (Lipinski definition) is 1. The zero-order valence-corrected chi connectivity index (χ0v) is 17.3. The number of anilines is 1. The third-order valence-corrected chi connectivity index (χ3v) is 5.20. The van der Waals surface area contributed by atoms with Crippen LogP contribution in [0.25, 0.3) is 0 Å². The van der Waals surface area contributed by atoms with E-state index in [4.69, 9.17) is 9.15 Å². The van der Waals surface area contributed by atoms with Gasteiger partial charge in [-0.1, -0.05) is 0 Å². The Balaban J connectivity index is 1.53. The monoisotopic (exact) mass is 442 g/mol. The smallest absolute Gasteiger partial charge is 0.292 e. The number of carbonyl (C=O) groups excluding carboxylic acids is 2. The average Bonchev–Trinajstić information content (AvgIpc) is 3.42. The maximum absolute atomic E-state index is 13.0. The van der Waals surface area contributed by atoms with Crippen LogP contribution in [0.2, 0.25) is 0 Å². The van der Waals surface area contributed by atoms with E-state index in [2.05, 4.69) is 15.3 Å². The summed E-state index contributed by atoms with van der Waals surface area (Å²) in [5, 5.41) is 2.69. The van der Waals surface area contributed by atoms with Gasteiger partial charge in [-0.3, -0.25) is 9.59 Å². The van der Waals surface area contributed by atoms with E-state index < -0.39 is 18.9 Å². The Morgan fingerprint density at radius 3 is 2.84 bits per heavy atom. The molecular formula is C22H20F2N4O4. The molecule has 0 aromatic carbocycles. The molecule has 166 valence electrons. The number of fused-ring (bicyclic) bond motifs is 1. The molecule has 0 fully saturated rings. The van der Waals surface area contributed by atoms with Gasteiger partial charge >= 0.3 is 0 Å². The fourth-order valence-corrected chi connectivity index (χ4v) is 3.53. The van der Waals surface area contributed by atoms with Crippen molar-refractivity contribution in [3.05, 3.63) is 70.9 Å². The van der Waals surface area contributed by atoms with Crippen molar-refractivity contribution in [2.75, 3.05) is 11.9 Å². The highest BCUT2D eigenvalue weighted by atomic mass is 19.3. The molecule has 0 saturated heterocycles. The molecule has 3 aromatic rings. The Labute approximate surface area is 182 Å². The van der Waals surface area contributed by atoms with Crippen LogP contribution in [-0.2, 0) is 6.54 Å². The molecule has 10 heteroatoms. The maximum Gasteiger partial charge on any atom is 0.292 e. The van der Waals surface area contributed by atoms with Gasteiger partial charge in [0.25, 0.3) is 18.2 Å². The molecule has 1 aliphatic rings. The van der Waals surface area contributed by atoms with E-state index in [1.165, 1.54) is 24.7 Å². The normalized spacial score (nSPS) is 13.9. The van der Waals surface area contributed by atoms with Gasteiger partial charge in [0, 0.05) is 29.1 Å². The number of nitrogens with zero attached hydrogens (tertiary/aromatic N) is 3. The molecule has 0 aliphatic carbocycles. The van der Waals surface area contributed by atoms with Gasteiger partial charge < -0.3 is 19.4 Å². The van der Waals surface area contributed by atoms with Gasteiger partial charge in [0.05, 0.1) is 18.8 Å². The van der Waals surface area contributed by atoms with Crippen LogP contribution in [0.4, 0.5) is 14.6 Å². The van der Waals surface area contributed by atoms with Crippen molar-refractivity contribution in [1.82, 2.24) is 14.9 Å². The Morgan fingerprint density at radius 2 is 2.16 bits per heavy atom. The van der Waals surface area contributed by atoms with Crippen LogP contribution < -0.4 is 10.1 Å². The molecule has 32 heavy (non-hydrogen) atoms. The highest BCUT2D eigenvalue weighted by Crippen LogP contribution is 2.34. The summed E-state index contributed by atoms with van der Waals surface area (Å²) in [4.78, 5) is 35.4. The van der Waals surface area contributed by atoms with Crippen LogP contribution in [0.1, 0.15) is 50.6 Å². The standard InChI is InChI=1S/C22H20F2N4O4/c1-12-8-14(9-26-21(12)32-11-18(23)24)13(2)28-10-16-15(22(28)30)5-6-25-19(16)27-20(29)17-4-3-7-31-17/h3-9,13,18H,10-11H2,1-2H3,(H,25,27,29). The number of furan rings is 1. The van der Waals surface area contributed by atoms with E-state index in [1.54, 1.807) is 30.0 Å². The van der Waals surface area contributed by atoms with Crippen molar-refractivity contribution in [3.63, 3.8) is 0 Å². The van der Waals surface area contributed by atoms with Gasteiger partial charge in [-0.25, -0.2) is 18.7 Å². The lowest BCUT2D eigenvalue weighted by Crippen LogP contribution is -2.27. The first kappa shape index (κ1) is 21.4. The quantitative estimate of drug-likeness (QED) is 0.594. The molecule has 1 atom stereocenters. The first-order valence-electron chi connectivity index (χ1n) is 9.86. The summed E-state index contributed by atoms with van der Waals surface area (Å²) in [6.45, 7) is 3.05. The molecule has 1 N–H and O–H groups in total. The topological polar surface area (TPSA) is 97.6 Å². The summed E-state index contributed by atoms with van der Waals surface area (Å²) >= 11 is 0. The van der Waals surface area contributed by atoms with Crippen molar-refractivity contribution < 1.29 is 27.5 Å². The van der Waals surface area contributed by atoms with E-state index in [1.807, 2.05) is 6.92 Å². The number of halogens is 2. The number of amides is 2. The number of nitrogens with one attached hydrogen (secondary N) is 1. The highest BCUT2D eigenvalue weighted by molar-refractivity contribution is 6.05. The highest BCUT2D eigenvalue weighted by Gasteiger charge is 2.34. The number of hydrogen-bond acceptors (Lipinski definition) is 6. The van der Waals surface area contributed by atoms with Crippen LogP contribution in [0.15, 0.2) is 47.3 Å². The summed E-state index contributed by atoms with van der Waals surface area (Å²) in [7, 11) is 0. The molecule has 0 radical (unpaired) electrons.